The zero-order chi connectivity index (χ0) is 35.1. The molecule has 6 aliphatic rings. The fraction of sp³-hybridized carbons (Fsp3) is 0.359. The number of β-lactam (4-membered cyclic amide) rings is 1. The number of aliphatic hydroxyl groups is 1. The van der Waals surface area contributed by atoms with E-state index in [0.717, 1.165) is 71.5 Å². The maximum Gasteiger partial charge on any atom is 0.352 e. The summed E-state index contributed by atoms with van der Waals surface area (Å²) in [4.78, 5) is 53.3. The molecular formula is C39H39N5O6+2. The predicted octanol–water partition coefficient (Wildman–Crippen LogP) is 3.22. The third-order valence-electron chi connectivity index (χ3n) is 12.0. The SMILES string of the molecule is C[C@@H](O)[C@H]1C(=O)N2C(C(=O)O)=C(c3ccc4c(c3)-c3ccc(C[N+]56CC[N+](CC(=O)Nc7ccc(C#N)cc7)(CC5)CC6)cc3C4=O)[C@H](C)[C@H]12. The Labute approximate surface area is 289 Å². The van der Waals surface area contributed by atoms with Gasteiger partial charge in [-0.15, -0.1) is 0 Å². The van der Waals surface area contributed by atoms with Crippen molar-refractivity contribution in [1.82, 2.24) is 4.90 Å². The second kappa shape index (κ2) is 11.5. The van der Waals surface area contributed by atoms with Gasteiger partial charge in [0.25, 0.3) is 5.91 Å². The van der Waals surface area contributed by atoms with Crippen molar-refractivity contribution in [3.05, 3.63) is 94.2 Å². The molecule has 5 heterocycles. The summed E-state index contributed by atoms with van der Waals surface area (Å²) in [7, 11) is 0. The average Bonchev–Trinajstić information content (AvgIpc) is 3.52. The highest BCUT2D eigenvalue weighted by Crippen LogP contribution is 2.51. The molecule has 0 radical (unpaired) electrons. The lowest BCUT2D eigenvalue weighted by molar-refractivity contribution is -1.08. The Morgan fingerprint density at radius 1 is 0.920 bits per heavy atom. The molecule has 0 spiro atoms. The van der Waals surface area contributed by atoms with Crippen molar-refractivity contribution in [3.8, 4) is 17.2 Å². The molecule has 4 fully saturated rings. The topological polar surface area (TPSA) is 148 Å². The minimum atomic E-state index is -1.18. The van der Waals surface area contributed by atoms with Crippen LogP contribution in [0, 0.1) is 23.2 Å². The Hall–Kier alpha value is -5.15. The summed E-state index contributed by atoms with van der Waals surface area (Å²) in [5.41, 5.74) is 6.31. The van der Waals surface area contributed by atoms with E-state index in [2.05, 4.69) is 17.5 Å². The summed E-state index contributed by atoms with van der Waals surface area (Å²) >= 11 is 0. The third-order valence-corrected chi connectivity index (χ3v) is 12.0. The lowest BCUT2D eigenvalue weighted by Crippen LogP contribution is -2.75. The van der Waals surface area contributed by atoms with Gasteiger partial charge >= 0.3 is 5.97 Å². The van der Waals surface area contributed by atoms with Gasteiger partial charge < -0.3 is 29.4 Å². The van der Waals surface area contributed by atoms with Crippen molar-refractivity contribution in [1.29, 1.82) is 5.26 Å². The quantitative estimate of drug-likeness (QED) is 0.192. The van der Waals surface area contributed by atoms with Crippen LogP contribution in [-0.4, -0.2) is 106 Å². The summed E-state index contributed by atoms with van der Waals surface area (Å²) in [6.45, 7) is 10.3. The zero-order valence-electron chi connectivity index (χ0n) is 28.1. The molecule has 11 nitrogen and oxygen atoms in total. The number of fused-ring (bicyclic) bond motifs is 7. The number of carboxylic acids is 1. The van der Waals surface area contributed by atoms with Crippen LogP contribution < -0.4 is 5.32 Å². The molecule has 9 rings (SSSR count). The molecule has 0 saturated carbocycles. The first-order valence-corrected chi connectivity index (χ1v) is 17.2. The fourth-order valence-electron chi connectivity index (χ4n) is 9.28. The maximum atomic E-state index is 13.7. The number of aliphatic carboxylic acids is 1. The Morgan fingerprint density at radius 2 is 1.58 bits per heavy atom. The molecule has 254 valence electrons. The second-order valence-corrected chi connectivity index (χ2v) is 14.9. The van der Waals surface area contributed by atoms with Crippen molar-refractivity contribution in [2.24, 2.45) is 11.8 Å². The number of aliphatic hydroxyl groups excluding tert-OH is 1. The molecule has 0 unspecified atom stereocenters. The highest BCUT2D eigenvalue weighted by Gasteiger charge is 2.60. The molecule has 50 heavy (non-hydrogen) atoms. The number of carboxylic acid groups (broad SMARTS) is 1. The Bertz CT molecular complexity index is 2050. The molecule has 3 aromatic rings. The molecule has 4 atom stereocenters. The number of nitrogens with zero attached hydrogens (tertiary/aromatic N) is 4. The fourth-order valence-corrected chi connectivity index (χ4v) is 9.28. The van der Waals surface area contributed by atoms with Gasteiger partial charge in [-0.2, -0.15) is 5.26 Å². The smallest absolute Gasteiger partial charge is 0.352 e. The maximum absolute atomic E-state index is 13.7. The van der Waals surface area contributed by atoms with Crippen molar-refractivity contribution in [2.75, 3.05) is 51.1 Å². The van der Waals surface area contributed by atoms with E-state index in [1.54, 1.807) is 43.3 Å². The van der Waals surface area contributed by atoms with Crippen LogP contribution >= 0.6 is 0 Å². The number of quaternary nitrogens is 2. The minimum absolute atomic E-state index is 0.0170. The summed E-state index contributed by atoms with van der Waals surface area (Å²) in [6.07, 6.45) is -0.881. The Morgan fingerprint density at radius 3 is 2.22 bits per heavy atom. The van der Waals surface area contributed by atoms with Gasteiger partial charge in [0, 0.05) is 28.3 Å². The molecule has 2 amide bonds. The highest BCUT2D eigenvalue weighted by molar-refractivity contribution is 6.22. The molecule has 0 aromatic heterocycles. The zero-order valence-corrected chi connectivity index (χ0v) is 28.1. The number of benzene rings is 3. The number of carbonyl (C=O) groups excluding carboxylic acids is 3. The van der Waals surface area contributed by atoms with E-state index in [1.165, 1.54) is 4.90 Å². The summed E-state index contributed by atoms with van der Waals surface area (Å²) in [5, 5.41) is 32.4. The van der Waals surface area contributed by atoms with E-state index in [1.807, 2.05) is 25.1 Å². The van der Waals surface area contributed by atoms with Crippen molar-refractivity contribution in [2.45, 2.75) is 32.5 Å². The predicted molar refractivity (Wildman–Crippen MR) is 183 cm³/mol. The number of hydrogen-bond donors (Lipinski definition) is 3. The largest absolute Gasteiger partial charge is 0.477 e. The second-order valence-electron chi connectivity index (χ2n) is 14.9. The number of piperazine rings is 3. The van der Waals surface area contributed by atoms with E-state index in [-0.39, 0.29) is 29.2 Å². The van der Waals surface area contributed by atoms with Crippen LogP contribution in [0.5, 0.6) is 0 Å². The van der Waals surface area contributed by atoms with E-state index < -0.39 is 24.0 Å². The standard InChI is InChI=1S/C39H37N5O6/c1-22-33(36(39(49)50)42-35(22)34(23(2)45)38(42)48)26-6-10-29-30(18-26)28-9-5-25(17-31(28)37(29)47)20-43-11-14-44(15-12-43,16-13-43)21-32(46)41-27-7-3-24(19-40)4-8-27/h3-10,17-18,22-23,34-35,45H,11-16,20-21H2,1-2H3/p+2/t22-,23+,34+,35+,43?,44?/m0/s1. The van der Waals surface area contributed by atoms with E-state index >= 15 is 0 Å². The van der Waals surface area contributed by atoms with Gasteiger partial charge in [-0.1, -0.05) is 25.1 Å². The number of nitriles is 1. The molecule has 3 N–H and O–H groups in total. The molecule has 2 bridgehead atoms. The van der Waals surface area contributed by atoms with E-state index in [9.17, 15) is 29.4 Å². The molecule has 11 heteroatoms. The molecule has 5 aliphatic heterocycles. The van der Waals surface area contributed by atoms with Crippen LogP contribution in [0.1, 0.15) is 46.5 Å². The number of nitrogens with one attached hydrogen (secondary N) is 1. The highest BCUT2D eigenvalue weighted by atomic mass is 16.4. The first-order valence-electron chi connectivity index (χ1n) is 17.2. The van der Waals surface area contributed by atoms with Gasteiger partial charge in [-0.25, -0.2) is 4.79 Å². The molecular weight excluding hydrogens is 634 g/mol. The van der Waals surface area contributed by atoms with Gasteiger partial charge in [0.15, 0.2) is 12.3 Å². The van der Waals surface area contributed by atoms with Crippen molar-refractivity contribution < 1.29 is 38.4 Å². The van der Waals surface area contributed by atoms with Crippen molar-refractivity contribution >= 4 is 34.8 Å². The van der Waals surface area contributed by atoms with Gasteiger partial charge in [0.2, 0.25) is 5.91 Å². The Balaban J connectivity index is 0.982. The molecule has 1 aliphatic carbocycles. The molecule has 3 aromatic carbocycles. The normalized spacial score (nSPS) is 28.0. The lowest BCUT2D eigenvalue weighted by Gasteiger charge is -2.55. The van der Waals surface area contributed by atoms with Crippen LogP contribution in [0.3, 0.4) is 0 Å². The summed E-state index contributed by atoms with van der Waals surface area (Å²) < 4.78 is 1.70. The number of rotatable bonds is 8. The number of carbonyl (C=O) groups is 4. The monoisotopic (exact) mass is 673 g/mol. The number of hydrogen-bond acceptors (Lipinski definition) is 6. The minimum Gasteiger partial charge on any atom is -0.477 e. The first-order chi connectivity index (χ1) is 23.9. The van der Waals surface area contributed by atoms with Crippen LogP contribution in [0.2, 0.25) is 0 Å². The van der Waals surface area contributed by atoms with E-state index in [4.69, 9.17) is 5.26 Å². The Kier molecular flexibility index (Phi) is 7.35. The first kappa shape index (κ1) is 32.1. The lowest BCUT2D eigenvalue weighted by atomic mass is 9.76. The molecule has 4 saturated heterocycles. The number of anilines is 1. The van der Waals surface area contributed by atoms with Gasteiger partial charge in [0.05, 0.1) is 29.7 Å². The third kappa shape index (κ3) is 4.89. The van der Waals surface area contributed by atoms with Crippen LogP contribution in [0.25, 0.3) is 16.7 Å². The van der Waals surface area contributed by atoms with Crippen LogP contribution in [-0.2, 0) is 20.9 Å². The van der Waals surface area contributed by atoms with Gasteiger partial charge in [-0.05, 0) is 71.7 Å². The van der Waals surface area contributed by atoms with Crippen molar-refractivity contribution in [3.63, 3.8) is 0 Å². The van der Waals surface area contributed by atoms with Gasteiger partial charge in [0.1, 0.15) is 51.5 Å². The van der Waals surface area contributed by atoms with Crippen LogP contribution in [0.15, 0.2) is 66.4 Å². The van der Waals surface area contributed by atoms with E-state index in [0.29, 0.717) is 40.1 Å². The summed E-state index contributed by atoms with van der Waals surface area (Å²) in [5.74, 6) is -2.57. The summed E-state index contributed by atoms with van der Waals surface area (Å²) in [6, 6.07) is 20.1. The van der Waals surface area contributed by atoms with Crippen LogP contribution in [0.4, 0.5) is 5.69 Å². The number of amides is 2. The van der Waals surface area contributed by atoms with Gasteiger partial charge in [-0.3, -0.25) is 14.4 Å². The average molecular weight is 674 g/mol. The number of ketones is 1.